The minimum absolute atomic E-state index is 0.0498. The lowest BCUT2D eigenvalue weighted by Crippen LogP contribution is -2.15. The highest BCUT2D eigenvalue weighted by molar-refractivity contribution is 7.92. The number of halogens is 5. The molecule has 3 aromatic rings. The Hall–Kier alpha value is -2.29. The number of nitrogens with zero attached hydrogens (tertiary/aromatic N) is 1. The minimum atomic E-state index is -4.65. The normalized spacial score (nSPS) is 12.0. The molecule has 0 radical (unpaired) electrons. The van der Waals surface area contributed by atoms with Crippen LogP contribution in [-0.2, 0) is 16.2 Å². The Labute approximate surface area is 169 Å². The predicted molar refractivity (Wildman–Crippen MR) is 102 cm³/mol. The first kappa shape index (κ1) is 20.4. The molecule has 3 rings (SSSR count). The molecular formula is C18H11Cl2F3N2O2S. The fourth-order valence-electron chi connectivity index (χ4n) is 2.37. The van der Waals surface area contributed by atoms with Gasteiger partial charge in [-0.15, -0.1) is 0 Å². The second-order valence-corrected chi connectivity index (χ2v) is 8.21. The van der Waals surface area contributed by atoms with E-state index < -0.39 is 26.7 Å². The molecule has 146 valence electrons. The van der Waals surface area contributed by atoms with E-state index in [9.17, 15) is 21.6 Å². The van der Waals surface area contributed by atoms with Crippen LogP contribution in [0.5, 0.6) is 0 Å². The largest absolute Gasteiger partial charge is 0.416 e. The van der Waals surface area contributed by atoms with Crippen LogP contribution in [0.1, 0.15) is 5.56 Å². The van der Waals surface area contributed by atoms with Crippen LogP contribution in [0, 0.1) is 0 Å². The molecule has 0 spiro atoms. The van der Waals surface area contributed by atoms with E-state index >= 15 is 0 Å². The van der Waals surface area contributed by atoms with E-state index in [1.54, 1.807) is 24.3 Å². The summed E-state index contributed by atoms with van der Waals surface area (Å²) in [6.07, 6.45) is -3.26. The number of anilines is 1. The summed E-state index contributed by atoms with van der Waals surface area (Å²) in [5.74, 6) is -0.0498. The van der Waals surface area contributed by atoms with Gasteiger partial charge in [-0.2, -0.15) is 13.2 Å². The van der Waals surface area contributed by atoms with E-state index in [-0.39, 0.29) is 5.82 Å². The van der Waals surface area contributed by atoms with E-state index in [2.05, 4.69) is 9.71 Å². The Kier molecular flexibility index (Phi) is 5.56. The first-order valence-corrected chi connectivity index (χ1v) is 9.92. The third kappa shape index (κ3) is 4.57. The molecule has 0 aliphatic rings. The third-order valence-corrected chi connectivity index (χ3v) is 5.62. The van der Waals surface area contributed by atoms with Crippen LogP contribution in [0.3, 0.4) is 0 Å². The summed E-state index contributed by atoms with van der Waals surface area (Å²) in [6, 6.07) is 11.3. The summed E-state index contributed by atoms with van der Waals surface area (Å²) in [7, 11) is -4.24. The first-order chi connectivity index (χ1) is 13.1. The van der Waals surface area contributed by atoms with Crippen molar-refractivity contribution in [3.63, 3.8) is 0 Å². The van der Waals surface area contributed by atoms with E-state index in [4.69, 9.17) is 23.2 Å². The highest BCUT2D eigenvalue weighted by atomic mass is 35.5. The first-order valence-electron chi connectivity index (χ1n) is 7.68. The number of pyridine rings is 1. The van der Waals surface area contributed by atoms with E-state index in [1.165, 1.54) is 12.3 Å². The average molecular weight is 447 g/mol. The Bertz CT molecular complexity index is 1120. The minimum Gasteiger partial charge on any atom is -0.263 e. The maximum absolute atomic E-state index is 12.8. The summed E-state index contributed by atoms with van der Waals surface area (Å²) in [5.41, 5.74) is 0.200. The van der Waals surface area contributed by atoms with E-state index in [0.29, 0.717) is 27.2 Å². The maximum Gasteiger partial charge on any atom is 0.416 e. The second kappa shape index (κ2) is 7.62. The van der Waals surface area contributed by atoms with Crippen LogP contribution < -0.4 is 4.72 Å². The smallest absolute Gasteiger partial charge is 0.263 e. The number of aromatic nitrogens is 1. The molecule has 0 unspecified atom stereocenters. The molecule has 1 aromatic heterocycles. The molecule has 2 aromatic carbocycles. The summed E-state index contributed by atoms with van der Waals surface area (Å²) < 4.78 is 65.3. The van der Waals surface area contributed by atoms with Gasteiger partial charge in [0.2, 0.25) is 0 Å². The van der Waals surface area contributed by atoms with Crippen LogP contribution in [0.25, 0.3) is 11.1 Å². The van der Waals surface area contributed by atoms with E-state index in [0.717, 1.165) is 18.2 Å². The number of nitrogens with one attached hydrogen (secondary N) is 1. The standard InChI is InChI=1S/C18H11Cl2F3N2O2S/c19-13-5-6-15(16(20)9-13)11-4-7-17(24-10-11)25-28(26,27)14-3-1-2-12(8-14)18(21,22)23/h1-10H,(H,24,25). The molecule has 1 N–H and O–H groups in total. The molecule has 1 heterocycles. The third-order valence-electron chi connectivity index (χ3n) is 3.72. The van der Waals surface area contributed by atoms with Crippen LogP contribution in [0.15, 0.2) is 65.7 Å². The summed E-state index contributed by atoms with van der Waals surface area (Å²) in [5, 5.41) is 0.860. The van der Waals surface area contributed by atoms with Crippen molar-refractivity contribution in [1.82, 2.24) is 4.98 Å². The molecule has 0 atom stereocenters. The predicted octanol–water partition coefficient (Wildman–Crippen LogP) is 5.88. The molecule has 4 nitrogen and oxygen atoms in total. The number of alkyl halides is 3. The van der Waals surface area contributed by atoms with Crippen molar-refractivity contribution in [2.24, 2.45) is 0 Å². The van der Waals surface area contributed by atoms with Crippen molar-refractivity contribution >= 4 is 39.0 Å². The van der Waals surface area contributed by atoms with Gasteiger partial charge in [-0.1, -0.05) is 35.3 Å². The van der Waals surface area contributed by atoms with Gasteiger partial charge in [-0.3, -0.25) is 4.72 Å². The molecule has 0 saturated heterocycles. The van der Waals surface area contributed by atoms with Gasteiger partial charge in [0.15, 0.2) is 0 Å². The van der Waals surface area contributed by atoms with Gasteiger partial charge < -0.3 is 0 Å². The number of hydrogen-bond acceptors (Lipinski definition) is 3. The average Bonchev–Trinajstić information content (AvgIpc) is 2.62. The van der Waals surface area contributed by atoms with Crippen molar-refractivity contribution in [2.45, 2.75) is 11.1 Å². The summed E-state index contributed by atoms with van der Waals surface area (Å²) in [6.45, 7) is 0. The molecule has 0 aliphatic carbocycles. The highest BCUT2D eigenvalue weighted by Gasteiger charge is 2.31. The molecule has 0 fully saturated rings. The van der Waals surface area contributed by atoms with Crippen LogP contribution in [-0.4, -0.2) is 13.4 Å². The molecule has 10 heteroatoms. The topological polar surface area (TPSA) is 59.1 Å². The molecular weight excluding hydrogens is 436 g/mol. The maximum atomic E-state index is 12.8. The van der Waals surface area contributed by atoms with Gasteiger partial charge in [-0.05, 0) is 42.5 Å². The van der Waals surface area contributed by atoms with Gasteiger partial charge in [-0.25, -0.2) is 13.4 Å². The zero-order valence-electron chi connectivity index (χ0n) is 13.8. The van der Waals surface area contributed by atoms with Crippen molar-refractivity contribution < 1.29 is 21.6 Å². The van der Waals surface area contributed by atoms with Gasteiger partial charge in [0, 0.05) is 27.4 Å². The fourth-order valence-corrected chi connectivity index (χ4v) is 3.94. The van der Waals surface area contributed by atoms with Gasteiger partial charge in [0.05, 0.1) is 10.5 Å². The number of benzene rings is 2. The van der Waals surface area contributed by atoms with Gasteiger partial charge in [0.1, 0.15) is 5.82 Å². The quantitative estimate of drug-likeness (QED) is 0.544. The molecule has 0 amide bonds. The Morgan fingerprint density at radius 1 is 0.964 bits per heavy atom. The van der Waals surface area contributed by atoms with Gasteiger partial charge in [0.25, 0.3) is 10.0 Å². The monoisotopic (exact) mass is 446 g/mol. The highest BCUT2D eigenvalue weighted by Crippen LogP contribution is 2.32. The lowest BCUT2D eigenvalue weighted by Gasteiger charge is -2.11. The number of sulfonamides is 1. The van der Waals surface area contributed by atoms with Crippen LogP contribution in [0.2, 0.25) is 10.0 Å². The zero-order valence-corrected chi connectivity index (χ0v) is 16.2. The Balaban J connectivity index is 1.85. The van der Waals surface area contributed by atoms with Crippen molar-refractivity contribution in [3.05, 3.63) is 76.4 Å². The SMILES string of the molecule is O=S(=O)(Nc1ccc(-c2ccc(Cl)cc2Cl)cn1)c1cccc(C(F)(F)F)c1. The lowest BCUT2D eigenvalue weighted by atomic mass is 10.1. The van der Waals surface area contributed by atoms with Crippen molar-refractivity contribution in [1.29, 1.82) is 0 Å². The van der Waals surface area contributed by atoms with E-state index in [1.807, 2.05) is 0 Å². The summed E-state index contributed by atoms with van der Waals surface area (Å²) >= 11 is 12.0. The lowest BCUT2D eigenvalue weighted by molar-refractivity contribution is -0.137. The van der Waals surface area contributed by atoms with Crippen LogP contribution >= 0.6 is 23.2 Å². The molecule has 0 bridgehead atoms. The number of rotatable bonds is 4. The van der Waals surface area contributed by atoms with Crippen LogP contribution in [0.4, 0.5) is 19.0 Å². The Morgan fingerprint density at radius 3 is 2.32 bits per heavy atom. The fraction of sp³-hybridized carbons (Fsp3) is 0.0556. The Morgan fingerprint density at radius 2 is 1.71 bits per heavy atom. The summed E-state index contributed by atoms with van der Waals surface area (Å²) in [4.78, 5) is 3.48. The van der Waals surface area contributed by atoms with Gasteiger partial charge >= 0.3 is 6.18 Å². The molecule has 28 heavy (non-hydrogen) atoms. The molecule has 0 saturated carbocycles. The zero-order chi connectivity index (χ0) is 20.5. The number of hydrogen-bond donors (Lipinski definition) is 1. The second-order valence-electron chi connectivity index (χ2n) is 5.69. The molecule has 0 aliphatic heterocycles. The van der Waals surface area contributed by atoms with Crippen molar-refractivity contribution in [3.8, 4) is 11.1 Å². The van der Waals surface area contributed by atoms with Crippen molar-refractivity contribution in [2.75, 3.05) is 4.72 Å².